The minimum atomic E-state index is -0.530. The Balaban J connectivity index is 1.35. The first-order valence-corrected chi connectivity index (χ1v) is 12.5. The molecule has 10 heteroatoms. The molecule has 0 fully saturated rings. The molecular weight excluding hydrogens is 506 g/mol. The predicted molar refractivity (Wildman–Crippen MR) is 147 cm³/mol. The summed E-state index contributed by atoms with van der Waals surface area (Å²) in [6.45, 7) is 0. The Bertz CT molecular complexity index is 1890. The molecule has 1 unspecified atom stereocenters. The van der Waals surface area contributed by atoms with Crippen LogP contribution < -0.4 is 15.0 Å². The Morgan fingerprint density at radius 1 is 1.02 bits per heavy atom. The van der Waals surface area contributed by atoms with Gasteiger partial charge in [0, 0.05) is 30.6 Å². The van der Waals surface area contributed by atoms with Crippen LogP contribution in [-0.4, -0.2) is 38.9 Å². The van der Waals surface area contributed by atoms with E-state index in [9.17, 15) is 14.9 Å². The fourth-order valence-electron chi connectivity index (χ4n) is 5.41. The lowest BCUT2D eigenvalue weighted by atomic mass is 9.94. The first-order valence-electron chi connectivity index (χ1n) is 12.5. The van der Waals surface area contributed by atoms with E-state index >= 15 is 0 Å². The number of imide groups is 1. The number of carbonyl (C=O) groups is 2. The van der Waals surface area contributed by atoms with Crippen LogP contribution in [0.2, 0.25) is 0 Å². The molecule has 192 valence electrons. The van der Waals surface area contributed by atoms with Gasteiger partial charge in [0.15, 0.2) is 0 Å². The summed E-state index contributed by atoms with van der Waals surface area (Å²) in [7, 11) is 0. The Morgan fingerprint density at radius 2 is 1.85 bits per heavy atom. The lowest BCUT2D eigenvalue weighted by molar-refractivity contribution is -0.123. The highest BCUT2D eigenvalue weighted by atomic mass is 16.5. The average molecular weight is 526 g/mol. The Morgan fingerprint density at radius 3 is 2.70 bits per heavy atom. The number of nitrogens with zero attached hydrogens (tertiary/aromatic N) is 6. The van der Waals surface area contributed by atoms with E-state index < -0.39 is 17.9 Å². The quantitative estimate of drug-likeness (QED) is 0.188. The van der Waals surface area contributed by atoms with Crippen molar-refractivity contribution >= 4 is 40.3 Å². The Kier molecular flexibility index (Phi) is 5.35. The van der Waals surface area contributed by atoms with Crippen molar-refractivity contribution in [3.63, 3.8) is 0 Å². The molecule has 0 aliphatic carbocycles. The number of aromatic nitrogens is 2. The topological polar surface area (TPSA) is 124 Å². The molecule has 1 atom stereocenters. The van der Waals surface area contributed by atoms with Gasteiger partial charge in [-0.25, -0.2) is 4.98 Å². The summed E-state index contributed by atoms with van der Waals surface area (Å²) < 4.78 is 7.83. The number of nitriles is 1. The molecule has 10 nitrogen and oxygen atoms in total. The van der Waals surface area contributed by atoms with Crippen molar-refractivity contribution in [3.8, 4) is 11.9 Å². The number of aliphatic imine (C=N–C) groups is 2. The fourth-order valence-corrected chi connectivity index (χ4v) is 5.41. The van der Waals surface area contributed by atoms with Crippen LogP contribution in [0.15, 0.2) is 107 Å². The second-order valence-electron chi connectivity index (χ2n) is 9.29. The molecule has 0 saturated heterocycles. The second-order valence-corrected chi connectivity index (χ2v) is 9.29. The van der Waals surface area contributed by atoms with Crippen LogP contribution in [0.3, 0.4) is 0 Å². The number of carbonyl (C=O) groups excluding carboxylic acids is 2. The third-order valence-corrected chi connectivity index (χ3v) is 7.06. The van der Waals surface area contributed by atoms with Gasteiger partial charge >= 0.3 is 0 Å². The van der Waals surface area contributed by atoms with Crippen molar-refractivity contribution in [2.24, 2.45) is 9.98 Å². The molecule has 2 aromatic carbocycles. The monoisotopic (exact) mass is 525 g/mol. The van der Waals surface area contributed by atoms with E-state index in [0.29, 0.717) is 34.8 Å². The standard InChI is InChI=1S/C30H19N7O3/c31-17-34-30(40-19-8-2-1-3-9-19)21-15-18-7-6-10-20-26(32-12-14-37(21)27(18)20)25-24(28(38)35-29(25)39)22-16-33-23-11-4-5-13-36(22)23/h1-14,16,21H,15H2,(H,35,38,39)/b34-30-. The minimum absolute atomic E-state index is 0.172. The van der Waals surface area contributed by atoms with Gasteiger partial charge in [0.2, 0.25) is 12.1 Å². The third-order valence-electron chi connectivity index (χ3n) is 7.06. The molecule has 7 rings (SSSR count). The lowest BCUT2D eigenvalue weighted by Gasteiger charge is -2.25. The number of imidazole rings is 1. The number of para-hydroxylation sites is 2. The van der Waals surface area contributed by atoms with Gasteiger partial charge in [-0.2, -0.15) is 5.26 Å². The maximum atomic E-state index is 13.3. The van der Waals surface area contributed by atoms with E-state index in [2.05, 4.69) is 20.3 Å². The molecule has 3 aliphatic rings. The molecule has 0 spiro atoms. The van der Waals surface area contributed by atoms with E-state index in [1.807, 2.05) is 65.7 Å². The molecular formula is C30H19N7O3. The van der Waals surface area contributed by atoms with Crippen molar-refractivity contribution in [2.75, 3.05) is 4.90 Å². The van der Waals surface area contributed by atoms with Crippen LogP contribution in [0, 0.1) is 11.5 Å². The highest BCUT2D eigenvalue weighted by Crippen LogP contribution is 2.40. The van der Waals surface area contributed by atoms with Gasteiger partial charge in [-0.3, -0.25) is 24.3 Å². The van der Waals surface area contributed by atoms with Crippen molar-refractivity contribution in [2.45, 2.75) is 12.5 Å². The number of benzene rings is 2. The van der Waals surface area contributed by atoms with E-state index in [1.54, 1.807) is 41.3 Å². The van der Waals surface area contributed by atoms with Crippen molar-refractivity contribution < 1.29 is 14.3 Å². The zero-order valence-electron chi connectivity index (χ0n) is 20.9. The van der Waals surface area contributed by atoms with Crippen LogP contribution in [0.25, 0.3) is 11.2 Å². The summed E-state index contributed by atoms with van der Waals surface area (Å²) in [5, 5.41) is 11.9. The summed E-state index contributed by atoms with van der Waals surface area (Å²) in [6, 6.07) is 20.0. The Labute approximate surface area is 227 Å². The minimum Gasteiger partial charge on any atom is -0.440 e. The van der Waals surface area contributed by atoms with Crippen molar-refractivity contribution in [1.82, 2.24) is 14.7 Å². The molecule has 0 bridgehead atoms. The summed E-state index contributed by atoms with van der Waals surface area (Å²) in [4.78, 5) is 41.4. The molecule has 2 amide bonds. The Hall–Kier alpha value is -5.82. The zero-order chi connectivity index (χ0) is 27.2. The largest absolute Gasteiger partial charge is 0.440 e. The van der Waals surface area contributed by atoms with E-state index in [0.717, 1.165) is 11.3 Å². The molecule has 1 N–H and O–H groups in total. The maximum Gasteiger partial charge on any atom is 0.261 e. The smallest absolute Gasteiger partial charge is 0.261 e. The first kappa shape index (κ1) is 23.3. The number of amides is 2. The van der Waals surface area contributed by atoms with E-state index in [1.165, 1.54) is 0 Å². The average Bonchev–Trinajstić information content (AvgIpc) is 3.60. The van der Waals surface area contributed by atoms with Gasteiger partial charge in [0.25, 0.3) is 11.8 Å². The number of rotatable bonds is 4. The van der Waals surface area contributed by atoms with E-state index in [4.69, 9.17) is 4.74 Å². The van der Waals surface area contributed by atoms with Gasteiger partial charge in [-0.1, -0.05) is 42.5 Å². The van der Waals surface area contributed by atoms with Gasteiger partial charge in [-0.05, 0) is 29.8 Å². The van der Waals surface area contributed by atoms with Crippen LogP contribution in [0.5, 0.6) is 5.75 Å². The summed E-state index contributed by atoms with van der Waals surface area (Å²) in [6.07, 6.45) is 9.11. The summed E-state index contributed by atoms with van der Waals surface area (Å²) >= 11 is 0. The molecule has 2 aromatic heterocycles. The first-order chi connectivity index (χ1) is 19.6. The van der Waals surface area contributed by atoms with Crippen LogP contribution in [-0.2, 0) is 16.0 Å². The number of nitrogens with one attached hydrogen (secondary N) is 1. The normalized spacial score (nSPS) is 18.0. The van der Waals surface area contributed by atoms with Gasteiger partial charge in [-0.15, -0.1) is 4.99 Å². The van der Waals surface area contributed by atoms with Gasteiger partial charge in [0.1, 0.15) is 17.4 Å². The number of fused-ring (bicyclic) bond motifs is 1. The number of anilines is 1. The van der Waals surface area contributed by atoms with Crippen LogP contribution in [0.1, 0.15) is 16.8 Å². The summed E-state index contributed by atoms with van der Waals surface area (Å²) in [5.41, 5.74) is 4.32. The SMILES string of the molecule is N#C/N=C(\Oc1ccccc1)C1Cc2cccc3c2N1C=CN=C3C1=C(c2cnc3ccccn23)C(=O)NC1=O. The zero-order valence-corrected chi connectivity index (χ0v) is 20.9. The van der Waals surface area contributed by atoms with Crippen LogP contribution >= 0.6 is 0 Å². The number of pyridine rings is 1. The van der Waals surface area contributed by atoms with Crippen molar-refractivity contribution in [1.29, 1.82) is 5.26 Å². The van der Waals surface area contributed by atoms with Crippen LogP contribution in [0.4, 0.5) is 5.69 Å². The van der Waals surface area contributed by atoms with Crippen molar-refractivity contribution in [3.05, 3.63) is 114 Å². The molecule has 5 heterocycles. The van der Waals surface area contributed by atoms with Gasteiger partial charge in [0.05, 0.1) is 34.4 Å². The lowest BCUT2D eigenvalue weighted by Crippen LogP contribution is -2.38. The summed E-state index contributed by atoms with van der Waals surface area (Å²) in [5.74, 6) is -0.239. The highest BCUT2D eigenvalue weighted by molar-refractivity contribution is 6.47. The molecule has 3 aliphatic heterocycles. The molecule has 4 aromatic rings. The number of ether oxygens (including phenoxy) is 1. The predicted octanol–water partition coefficient (Wildman–Crippen LogP) is 3.41. The molecule has 0 radical (unpaired) electrons. The third kappa shape index (κ3) is 3.60. The second kappa shape index (κ2) is 9.18. The molecule has 0 saturated carbocycles. The van der Waals surface area contributed by atoms with Gasteiger partial charge < -0.3 is 9.64 Å². The number of hydrogen-bond donors (Lipinski definition) is 1. The molecule has 40 heavy (non-hydrogen) atoms. The maximum absolute atomic E-state index is 13.3. The fraction of sp³-hybridized carbons (Fsp3) is 0.0667. The van der Waals surface area contributed by atoms with E-state index in [-0.39, 0.29) is 17.0 Å². The number of hydrogen-bond acceptors (Lipinski definition) is 8. The highest BCUT2D eigenvalue weighted by Gasteiger charge is 2.41.